The minimum atomic E-state index is 0.0654. The predicted molar refractivity (Wildman–Crippen MR) is 54.9 cm³/mol. The zero-order chi connectivity index (χ0) is 9.97. The first kappa shape index (κ1) is 10.0. The van der Waals surface area contributed by atoms with Gasteiger partial charge in [-0.05, 0) is 38.5 Å². The molecule has 0 heterocycles. The first-order chi connectivity index (χ1) is 6.77. The van der Waals surface area contributed by atoms with E-state index in [2.05, 4.69) is 6.92 Å². The van der Waals surface area contributed by atoms with Crippen molar-refractivity contribution in [2.45, 2.75) is 58.0 Å². The summed E-state index contributed by atoms with van der Waals surface area (Å²) in [5.74, 6) is 0.938. The normalized spacial score (nSPS) is 25.8. The van der Waals surface area contributed by atoms with Crippen LogP contribution in [0.15, 0.2) is 0 Å². The molecule has 0 aliphatic heterocycles. The second kappa shape index (κ2) is 4.33. The summed E-state index contributed by atoms with van der Waals surface area (Å²) in [4.78, 5) is 11.6. The number of rotatable bonds is 3. The molecule has 2 aliphatic rings. The van der Waals surface area contributed by atoms with E-state index in [9.17, 15) is 4.79 Å². The highest BCUT2D eigenvalue weighted by atomic mass is 16.5. The smallest absolute Gasteiger partial charge is 0.309 e. The zero-order valence-electron chi connectivity index (χ0n) is 9.00. The van der Waals surface area contributed by atoms with Gasteiger partial charge in [-0.2, -0.15) is 0 Å². The lowest BCUT2D eigenvalue weighted by molar-refractivity contribution is -0.158. The summed E-state index contributed by atoms with van der Waals surface area (Å²) in [5, 5.41) is 0. The molecule has 2 fully saturated rings. The number of carbonyl (C=O) groups is 1. The van der Waals surface area contributed by atoms with E-state index in [0.29, 0.717) is 5.92 Å². The molecule has 0 amide bonds. The zero-order valence-corrected chi connectivity index (χ0v) is 9.00. The van der Waals surface area contributed by atoms with Gasteiger partial charge in [0.25, 0.3) is 0 Å². The van der Waals surface area contributed by atoms with Crippen LogP contribution < -0.4 is 0 Å². The topological polar surface area (TPSA) is 26.3 Å². The highest BCUT2D eigenvalue weighted by Crippen LogP contribution is 2.32. The van der Waals surface area contributed by atoms with E-state index in [4.69, 9.17) is 4.74 Å². The van der Waals surface area contributed by atoms with Gasteiger partial charge in [-0.25, -0.2) is 0 Å². The Labute approximate surface area is 86.0 Å². The second-order valence-electron chi connectivity index (χ2n) is 4.81. The van der Waals surface area contributed by atoms with Gasteiger partial charge in [0, 0.05) is 0 Å². The van der Waals surface area contributed by atoms with Crippen molar-refractivity contribution in [2.24, 2.45) is 11.8 Å². The summed E-state index contributed by atoms with van der Waals surface area (Å²) >= 11 is 0. The molecule has 2 saturated carbocycles. The predicted octanol–water partition coefficient (Wildman–Crippen LogP) is 2.91. The molecule has 0 aromatic heterocycles. The van der Waals surface area contributed by atoms with Crippen LogP contribution in [0, 0.1) is 11.8 Å². The third kappa shape index (κ3) is 2.10. The first-order valence-electron chi connectivity index (χ1n) is 5.98. The second-order valence-corrected chi connectivity index (χ2v) is 4.81. The average molecular weight is 196 g/mol. The standard InChI is InChI=1S/C12H20O2/c1-9(10-5-2-3-6-10)14-12(13)11-7-4-8-11/h9-11H,2-8H2,1H3. The summed E-state index contributed by atoms with van der Waals surface area (Å²) in [6.07, 6.45) is 8.60. The average Bonchev–Trinajstić information content (AvgIpc) is 2.51. The van der Waals surface area contributed by atoms with Crippen LogP contribution in [0.4, 0.5) is 0 Å². The Bertz CT molecular complexity index is 202. The highest BCUT2D eigenvalue weighted by Gasteiger charge is 2.30. The Kier molecular flexibility index (Phi) is 3.09. The molecule has 0 radical (unpaired) electrons. The Morgan fingerprint density at radius 2 is 1.79 bits per heavy atom. The lowest BCUT2D eigenvalue weighted by Crippen LogP contribution is -2.30. The number of hydrogen-bond donors (Lipinski definition) is 0. The van der Waals surface area contributed by atoms with Crippen molar-refractivity contribution in [3.63, 3.8) is 0 Å². The van der Waals surface area contributed by atoms with Crippen molar-refractivity contribution in [1.29, 1.82) is 0 Å². The molecule has 1 unspecified atom stereocenters. The number of hydrogen-bond acceptors (Lipinski definition) is 2. The minimum absolute atomic E-state index is 0.0654. The summed E-state index contributed by atoms with van der Waals surface area (Å²) in [5.41, 5.74) is 0. The minimum Gasteiger partial charge on any atom is -0.462 e. The lowest BCUT2D eigenvalue weighted by Gasteiger charge is -2.27. The summed E-state index contributed by atoms with van der Waals surface area (Å²) < 4.78 is 5.50. The summed E-state index contributed by atoms with van der Waals surface area (Å²) in [6, 6.07) is 0. The van der Waals surface area contributed by atoms with Gasteiger partial charge in [0.1, 0.15) is 6.10 Å². The molecule has 2 aliphatic carbocycles. The van der Waals surface area contributed by atoms with Crippen molar-refractivity contribution in [2.75, 3.05) is 0 Å². The van der Waals surface area contributed by atoms with Crippen LogP contribution in [-0.2, 0) is 9.53 Å². The van der Waals surface area contributed by atoms with Crippen LogP contribution in [0.3, 0.4) is 0 Å². The van der Waals surface area contributed by atoms with Gasteiger partial charge < -0.3 is 4.74 Å². The van der Waals surface area contributed by atoms with Crippen molar-refractivity contribution in [3.05, 3.63) is 0 Å². The summed E-state index contributed by atoms with van der Waals surface area (Å²) in [6.45, 7) is 2.06. The van der Waals surface area contributed by atoms with E-state index in [1.165, 1.54) is 32.1 Å². The van der Waals surface area contributed by atoms with Crippen LogP contribution in [0.25, 0.3) is 0 Å². The van der Waals surface area contributed by atoms with Gasteiger partial charge >= 0.3 is 5.97 Å². The van der Waals surface area contributed by atoms with E-state index in [0.717, 1.165) is 12.8 Å². The summed E-state index contributed by atoms with van der Waals surface area (Å²) in [7, 11) is 0. The lowest BCUT2D eigenvalue weighted by atomic mass is 9.85. The maximum absolute atomic E-state index is 11.6. The van der Waals surface area contributed by atoms with Crippen molar-refractivity contribution in [1.82, 2.24) is 0 Å². The monoisotopic (exact) mass is 196 g/mol. The number of carbonyl (C=O) groups excluding carboxylic acids is 1. The Hall–Kier alpha value is -0.530. The first-order valence-corrected chi connectivity index (χ1v) is 5.98. The van der Waals surface area contributed by atoms with Gasteiger partial charge in [0.15, 0.2) is 0 Å². The third-order valence-corrected chi connectivity index (χ3v) is 3.80. The molecule has 2 heteroatoms. The SMILES string of the molecule is CC(OC(=O)C1CCC1)C1CCCC1. The fourth-order valence-corrected chi connectivity index (χ4v) is 2.45. The molecule has 80 valence electrons. The van der Waals surface area contributed by atoms with Gasteiger partial charge in [0.2, 0.25) is 0 Å². The van der Waals surface area contributed by atoms with E-state index in [1.807, 2.05) is 0 Å². The van der Waals surface area contributed by atoms with Gasteiger partial charge in [0.05, 0.1) is 5.92 Å². The molecule has 2 rings (SSSR count). The van der Waals surface area contributed by atoms with Crippen molar-refractivity contribution >= 4 is 5.97 Å². The Balaban J connectivity index is 1.74. The van der Waals surface area contributed by atoms with Crippen molar-refractivity contribution in [3.8, 4) is 0 Å². The van der Waals surface area contributed by atoms with Gasteiger partial charge in [-0.1, -0.05) is 19.3 Å². The molecule has 0 bridgehead atoms. The van der Waals surface area contributed by atoms with Crippen LogP contribution in [0.2, 0.25) is 0 Å². The van der Waals surface area contributed by atoms with Gasteiger partial charge in [-0.15, -0.1) is 0 Å². The largest absolute Gasteiger partial charge is 0.462 e. The molecule has 1 atom stereocenters. The third-order valence-electron chi connectivity index (χ3n) is 3.80. The van der Waals surface area contributed by atoms with E-state index in [1.54, 1.807) is 0 Å². The van der Waals surface area contributed by atoms with Gasteiger partial charge in [-0.3, -0.25) is 4.79 Å². The van der Waals surface area contributed by atoms with Crippen molar-refractivity contribution < 1.29 is 9.53 Å². The van der Waals surface area contributed by atoms with Crippen LogP contribution in [0.1, 0.15) is 51.9 Å². The molecule has 0 spiro atoms. The molecule has 2 nitrogen and oxygen atoms in total. The quantitative estimate of drug-likeness (QED) is 0.649. The van der Waals surface area contributed by atoms with Crippen LogP contribution in [0.5, 0.6) is 0 Å². The molecule has 14 heavy (non-hydrogen) atoms. The highest BCUT2D eigenvalue weighted by molar-refractivity contribution is 5.73. The number of esters is 1. The van der Waals surface area contributed by atoms with E-state index < -0.39 is 0 Å². The number of ether oxygens (including phenoxy) is 1. The fraction of sp³-hybridized carbons (Fsp3) is 0.917. The molecule has 0 N–H and O–H groups in total. The maximum Gasteiger partial charge on any atom is 0.309 e. The molecule has 0 aromatic rings. The molecule has 0 aromatic carbocycles. The fourth-order valence-electron chi connectivity index (χ4n) is 2.45. The molecular formula is C12H20O2. The maximum atomic E-state index is 11.6. The van der Waals surface area contributed by atoms with E-state index >= 15 is 0 Å². The van der Waals surface area contributed by atoms with Crippen LogP contribution in [-0.4, -0.2) is 12.1 Å². The molecular weight excluding hydrogens is 176 g/mol. The molecule has 0 saturated heterocycles. The van der Waals surface area contributed by atoms with Crippen LogP contribution >= 0.6 is 0 Å². The Morgan fingerprint density at radius 3 is 2.29 bits per heavy atom. The Morgan fingerprint density at radius 1 is 1.14 bits per heavy atom. The van der Waals surface area contributed by atoms with E-state index in [-0.39, 0.29) is 18.0 Å².